The molecule has 4 rings (SSSR count). The second kappa shape index (κ2) is 6.45. The Kier molecular flexibility index (Phi) is 4.17. The summed E-state index contributed by atoms with van der Waals surface area (Å²) in [5.74, 6) is 2.02. The van der Waals surface area contributed by atoms with Crippen LogP contribution in [0.15, 0.2) is 54.6 Å². The van der Waals surface area contributed by atoms with E-state index in [1.807, 2.05) is 12.1 Å². The summed E-state index contributed by atoms with van der Waals surface area (Å²) in [4.78, 5) is 2.62. The van der Waals surface area contributed by atoms with Crippen LogP contribution in [0.1, 0.15) is 36.3 Å². The van der Waals surface area contributed by atoms with E-state index in [2.05, 4.69) is 35.2 Å². The molecule has 23 heavy (non-hydrogen) atoms. The normalized spacial score (nSPS) is 27.8. The molecule has 1 heterocycles. The van der Waals surface area contributed by atoms with Crippen molar-refractivity contribution < 1.29 is 4.39 Å². The van der Waals surface area contributed by atoms with E-state index in [0.717, 1.165) is 18.4 Å². The maximum absolute atomic E-state index is 13.2. The van der Waals surface area contributed by atoms with Gasteiger partial charge in [-0.1, -0.05) is 48.9 Å². The number of likely N-dealkylation sites (tertiary alicyclic amines) is 1. The van der Waals surface area contributed by atoms with E-state index >= 15 is 0 Å². The summed E-state index contributed by atoms with van der Waals surface area (Å²) in [6, 6.07) is 18.0. The topological polar surface area (TPSA) is 3.24 Å². The van der Waals surface area contributed by atoms with Crippen LogP contribution >= 0.6 is 0 Å². The predicted octanol–water partition coefficient (Wildman–Crippen LogP) is 4.84. The van der Waals surface area contributed by atoms with Crippen molar-refractivity contribution in [3.8, 4) is 0 Å². The number of benzene rings is 2. The zero-order valence-corrected chi connectivity index (χ0v) is 13.5. The molecule has 1 saturated heterocycles. The van der Waals surface area contributed by atoms with Crippen molar-refractivity contribution in [1.82, 2.24) is 4.90 Å². The Labute approximate surface area is 138 Å². The van der Waals surface area contributed by atoms with Gasteiger partial charge >= 0.3 is 0 Å². The SMILES string of the molecule is Fc1ccc(C2CCCC3CN(Cc4ccccc4)CC32)cc1. The lowest BCUT2D eigenvalue weighted by Gasteiger charge is -2.33. The van der Waals surface area contributed by atoms with Gasteiger partial charge in [-0.05, 0) is 53.9 Å². The first-order valence-electron chi connectivity index (χ1n) is 8.81. The molecule has 2 aromatic carbocycles. The molecule has 3 unspecified atom stereocenters. The second-order valence-corrected chi connectivity index (χ2v) is 7.19. The minimum Gasteiger partial charge on any atom is -0.298 e. The molecule has 0 amide bonds. The number of fused-ring (bicyclic) bond motifs is 1. The lowest BCUT2D eigenvalue weighted by atomic mass is 9.71. The molecule has 1 aliphatic carbocycles. The van der Waals surface area contributed by atoms with Crippen LogP contribution in [0.3, 0.4) is 0 Å². The standard InChI is InChI=1S/C21H24FN/c22-19-11-9-17(10-12-19)20-8-4-7-18-14-23(15-21(18)20)13-16-5-2-1-3-6-16/h1-3,5-6,9-12,18,20-21H,4,7-8,13-15H2. The van der Waals surface area contributed by atoms with Gasteiger partial charge in [-0.3, -0.25) is 4.90 Å². The summed E-state index contributed by atoms with van der Waals surface area (Å²) in [6.45, 7) is 3.46. The average Bonchev–Trinajstić information content (AvgIpc) is 2.99. The first-order chi connectivity index (χ1) is 11.3. The van der Waals surface area contributed by atoms with E-state index in [0.29, 0.717) is 5.92 Å². The fourth-order valence-electron chi connectivity index (χ4n) is 4.66. The van der Waals surface area contributed by atoms with Crippen molar-refractivity contribution in [1.29, 1.82) is 0 Å². The van der Waals surface area contributed by atoms with Crippen molar-refractivity contribution in [3.05, 3.63) is 71.5 Å². The molecule has 0 radical (unpaired) electrons. The average molecular weight is 309 g/mol. The molecule has 2 aliphatic rings. The van der Waals surface area contributed by atoms with Crippen LogP contribution in [0, 0.1) is 17.7 Å². The number of hydrogen-bond donors (Lipinski definition) is 0. The van der Waals surface area contributed by atoms with Gasteiger partial charge in [0.1, 0.15) is 5.82 Å². The molecule has 0 bridgehead atoms. The minimum atomic E-state index is -0.127. The smallest absolute Gasteiger partial charge is 0.123 e. The van der Waals surface area contributed by atoms with Crippen molar-refractivity contribution in [2.45, 2.75) is 31.7 Å². The van der Waals surface area contributed by atoms with E-state index in [9.17, 15) is 4.39 Å². The van der Waals surface area contributed by atoms with Crippen molar-refractivity contribution in [2.75, 3.05) is 13.1 Å². The Balaban J connectivity index is 1.49. The van der Waals surface area contributed by atoms with Gasteiger partial charge in [0.2, 0.25) is 0 Å². The maximum Gasteiger partial charge on any atom is 0.123 e. The molecule has 0 spiro atoms. The highest BCUT2D eigenvalue weighted by Crippen LogP contribution is 2.45. The summed E-state index contributed by atoms with van der Waals surface area (Å²) in [5.41, 5.74) is 2.74. The molecule has 3 atom stereocenters. The Morgan fingerprint density at radius 1 is 0.913 bits per heavy atom. The summed E-state index contributed by atoms with van der Waals surface area (Å²) >= 11 is 0. The Bertz CT molecular complexity index is 637. The third-order valence-corrected chi connectivity index (χ3v) is 5.72. The molecular formula is C21H24FN. The monoisotopic (exact) mass is 309 g/mol. The molecule has 0 aromatic heterocycles. The van der Waals surface area contributed by atoms with Crippen LogP contribution in [-0.4, -0.2) is 18.0 Å². The fraction of sp³-hybridized carbons (Fsp3) is 0.429. The van der Waals surface area contributed by atoms with E-state index < -0.39 is 0 Å². The number of halogens is 1. The molecule has 1 nitrogen and oxygen atoms in total. The van der Waals surface area contributed by atoms with Crippen LogP contribution in [-0.2, 0) is 6.54 Å². The molecule has 0 N–H and O–H groups in total. The van der Waals surface area contributed by atoms with Crippen molar-refractivity contribution in [3.63, 3.8) is 0 Å². The Hall–Kier alpha value is -1.67. The molecule has 2 aromatic rings. The molecule has 120 valence electrons. The van der Waals surface area contributed by atoms with Gasteiger partial charge in [0, 0.05) is 19.6 Å². The van der Waals surface area contributed by atoms with E-state index in [1.165, 1.54) is 43.5 Å². The first kappa shape index (κ1) is 14.9. The van der Waals surface area contributed by atoms with Gasteiger partial charge in [0.15, 0.2) is 0 Å². The van der Waals surface area contributed by atoms with Gasteiger partial charge in [0.05, 0.1) is 0 Å². The third-order valence-electron chi connectivity index (χ3n) is 5.72. The Morgan fingerprint density at radius 3 is 2.48 bits per heavy atom. The zero-order chi connectivity index (χ0) is 15.6. The maximum atomic E-state index is 13.2. The summed E-state index contributed by atoms with van der Waals surface area (Å²) in [6.07, 6.45) is 3.92. The molecule has 1 aliphatic heterocycles. The van der Waals surface area contributed by atoms with E-state index in [1.54, 1.807) is 12.1 Å². The molecule has 2 fully saturated rings. The lowest BCUT2D eigenvalue weighted by molar-refractivity contribution is 0.257. The predicted molar refractivity (Wildman–Crippen MR) is 91.7 cm³/mol. The molecular weight excluding hydrogens is 285 g/mol. The highest BCUT2D eigenvalue weighted by molar-refractivity contribution is 5.23. The Morgan fingerprint density at radius 2 is 1.70 bits per heavy atom. The van der Waals surface area contributed by atoms with Crippen LogP contribution in [0.4, 0.5) is 4.39 Å². The zero-order valence-electron chi connectivity index (χ0n) is 13.5. The van der Waals surface area contributed by atoms with Gasteiger partial charge < -0.3 is 0 Å². The number of hydrogen-bond acceptors (Lipinski definition) is 1. The van der Waals surface area contributed by atoms with Crippen LogP contribution in [0.5, 0.6) is 0 Å². The summed E-state index contributed by atoms with van der Waals surface area (Å²) in [5, 5.41) is 0. The highest BCUT2D eigenvalue weighted by Gasteiger charge is 2.40. The van der Waals surface area contributed by atoms with Crippen molar-refractivity contribution >= 4 is 0 Å². The van der Waals surface area contributed by atoms with Crippen molar-refractivity contribution in [2.24, 2.45) is 11.8 Å². The quantitative estimate of drug-likeness (QED) is 0.784. The largest absolute Gasteiger partial charge is 0.298 e. The van der Waals surface area contributed by atoms with Crippen LogP contribution < -0.4 is 0 Å². The van der Waals surface area contributed by atoms with Gasteiger partial charge in [-0.2, -0.15) is 0 Å². The molecule has 1 saturated carbocycles. The molecule has 2 heteroatoms. The number of rotatable bonds is 3. The highest BCUT2D eigenvalue weighted by atomic mass is 19.1. The summed E-state index contributed by atoms with van der Waals surface area (Å²) in [7, 11) is 0. The van der Waals surface area contributed by atoms with Gasteiger partial charge in [-0.15, -0.1) is 0 Å². The van der Waals surface area contributed by atoms with Gasteiger partial charge in [0.25, 0.3) is 0 Å². The van der Waals surface area contributed by atoms with E-state index in [4.69, 9.17) is 0 Å². The first-order valence-corrected chi connectivity index (χ1v) is 8.81. The number of nitrogens with zero attached hydrogens (tertiary/aromatic N) is 1. The second-order valence-electron chi connectivity index (χ2n) is 7.19. The fourth-order valence-corrected chi connectivity index (χ4v) is 4.66. The van der Waals surface area contributed by atoms with Gasteiger partial charge in [-0.25, -0.2) is 4.39 Å². The lowest BCUT2D eigenvalue weighted by Crippen LogP contribution is -2.25. The van der Waals surface area contributed by atoms with Crippen LogP contribution in [0.25, 0.3) is 0 Å². The third kappa shape index (κ3) is 3.18. The van der Waals surface area contributed by atoms with E-state index in [-0.39, 0.29) is 5.82 Å². The summed E-state index contributed by atoms with van der Waals surface area (Å²) < 4.78 is 13.2. The van der Waals surface area contributed by atoms with Crippen LogP contribution in [0.2, 0.25) is 0 Å². The minimum absolute atomic E-state index is 0.127.